The highest BCUT2D eigenvalue weighted by Crippen LogP contribution is 2.64. The van der Waals surface area contributed by atoms with Crippen molar-refractivity contribution in [3.8, 4) is 0 Å². The first-order chi connectivity index (χ1) is 14.3. The van der Waals surface area contributed by atoms with Crippen LogP contribution in [0.2, 0.25) is 0 Å². The zero-order valence-electron chi connectivity index (χ0n) is 17.1. The topological polar surface area (TPSA) is 9.23 Å². The molecule has 0 fully saturated rings. The normalized spacial score (nSPS) is 18.9. The van der Waals surface area contributed by atoms with Crippen LogP contribution in [0, 0.1) is 0 Å². The first kappa shape index (κ1) is 19.7. The summed E-state index contributed by atoms with van der Waals surface area (Å²) in [7, 11) is -0.0749. The fourth-order valence-corrected chi connectivity index (χ4v) is 7.61. The fourth-order valence-electron chi connectivity index (χ4n) is 4.13. The molecule has 0 saturated heterocycles. The minimum absolute atomic E-state index is 0.918. The summed E-state index contributed by atoms with van der Waals surface area (Å²) in [6, 6.07) is 32.2. The molecule has 0 N–H and O–H groups in total. The molecule has 0 saturated carbocycles. The average Bonchev–Trinajstić information content (AvgIpc) is 2.80. The molecule has 3 aromatic rings. The average molecular weight is 398 g/mol. The molecule has 1 heterocycles. The molecule has 1 unspecified atom stereocenters. The zero-order valence-corrected chi connectivity index (χ0v) is 18.0. The van der Waals surface area contributed by atoms with Gasteiger partial charge in [0.1, 0.15) is 0 Å². The Labute approximate surface area is 174 Å². The molecule has 1 atom stereocenters. The van der Waals surface area contributed by atoms with E-state index in [-0.39, 0.29) is 0 Å². The molecule has 0 aromatic heterocycles. The van der Waals surface area contributed by atoms with Crippen LogP contribution in [0.3, 0.4) is 0 Å². The first-order valence-corrected chi connectivity index (χ1v) is 12.0. The van der Waals surface area contributed by atoms with Gasteiger partial charge in [-0.2, -0.15) is 0 Å². The van der Waals surface area contributed by atoms with Crippen molar-refractivity contribution in [2.75, 3.05) is 13.3 Å². The second kappa shape index (κ2) is 8.82. The van der Waals surface area contributed by atoms with Gasteiger partial charge in [-0.1, -0.05) is 97.9 Å². The summed E-state index contributed by atoms with van der Waals surface area (Å²) >= 11 is 0. The maximum atomic E-state index is 6.42. The molecule has 146 valence electrons. The minimum atomic E-state index is -1.96. The van der Waals surface area contributed by atoms with Crippen LogP contribution >= 0.6 is 7.11 Å². The van der Waals surface area contributed by atoms with Crippen LogP contribution in [0.15, 0.2) is 109 Å². The Hall–Kier alpha value is -2.60. The highest BCUT2D eigenvalue weighted by Gasteiger charge is 2.30. The molecule has 1 nitrogen and oxygen atoms in total. The first-order valence-electron chi connectivity index (χ1n) is 10.2. The van der Waals surface area contributed by atoms with Gasteiger partial charge in [-0.15, -0.1) is 0 Å². The Balaban J connectivity index is 1.96. The van der Waals surface area contributed by atoms with E-state index in [1.807, 2.05) is 7.11 Å². The van der Waals surface area contributed by atoms with Crippen molar-refractivity contribution in [1.29, 1.82) is 0 Å². The van der Waals surface area contributed by atoms with Gasteiger partial charge in [0.25, 0.3) is 0 Å². The van der Waals surface area contributed by atoms with Crippen molar-refractivity contribution >= 4 is 17.7 Å². The molecule has 0 aliphatic carbocycles. The third-order valence-corrected chi connectivity index (χ3v) is 9.41. The molecular formula is C27H27OP. The van der Waals surface area contributed by atoms with Crippen LogP contribution in [-0.2, 0) is 10.9 Å². The van der Waals surface area contributed by atoms with E-state index in [4.69, 9.17) is 4.52 Å². The summed E-state index contributed by atoms with van der Waals surface area (Å²) in [5.41, 5.74) is 5.18. The van der Waals surface area contributed by atoms with E-state index in [2.05, 4.69) is 110 Å². The molecule has 2 heteroatoms. The monoisotopic (exact) mass is 398 g/mol. The molecule has 4 rings (SSSR count). The van der Waals surface area contributed by atoms with E-state index in [1.54, 1.807) is 0 Å². The summed E-state index contributed by atoms with van der Waals surface area (Å²) < 4.78 is 6.42. The van der Waals surface area contributed by atoms with Gasteiger partial charge in [0.2, 0.25) is 0 Å². The number of rotatable bonds is 6. The maximum Gasteiger partial charge on any atom is 0.0434 e. The Kier molecular flexibility index (Phi) is 6.00. The van der Waals surface area contributed by atoms with Crippen LogP contribution in [0.5, 0.6) is 0 Å². The Bertz CT molecular complexity index is 1070. The SMILES string of the molecule is CCP1(OC)=C(c2ccccc2)C=C(Cc2ccccc2)C=C1c1ccccc1. The molecule has 0 amide bonds. The number of hydrogen-bond acceptors (Lipinski definition) is 1. The van der Waals surface area contributed by atoms with Crippen LogP contribution in [0.1, 0.15) is 23.6 Å². The summed E-state index contributed by atoms with van der Waals surface area (Å²) in [6.07, 6.45) is 6.66. The number of benzene rings is 3. The fraction of sp³-hybridized carbons (Fsp3) is 0.148. The van der Waals surface area contributed by atoms with Gasteiger partial charge < -0.3 is 4.52 Å². The smallest absolute Gasteiger partial charge is 0.0434 e. The van der Waals surface area contributed by atoms with E-state index in [1.165, 1.54) is 32.9 Å². The zero-order chi connectivity index (χ0) is 20.1. The standard InChI is InChI=1S/C27H27OP/c1-3-29(28-2)26(24-15-9-5-10-16-24)20-23(19-22-13-7-4-8-14-22)21-27(29)25-17-11-6-12-18-25/h4-18,20-21H,3,19H2,1-2H3. The summed E-state index contributed by atoms with van der Waals surface area (Å²) in [4.78, 5) is 0. The van der Waals surface area contributed by atoms with Crippen molar-refractivity contribution < 1.29 is 4.52 Å². The lowest BCUT2D eigenvalue weighted by molar-refractivity contribution is 0.465. The van der Waals surface area contributed by atoms with Gasteiger partial charge >= 0.3 is 0 Å². The third kappa shape index (κ3) is 3.94. The van der Waals surface area contributed by atoms with E-state index in [9.17, 15) is 0 Å². The summed E-state index contributed by atoms with van der Waals surface area (Å²) in [6.45, 7) is 2.26. The second-order valence-corrected chi connectivity index (χ2v) is 10.7. The van der Waals surface area contributed by atoms with Gasteiger partial charge in [-0.05, 0) is 47.0 Å². The van der Waals surface area contributed by atoms with Crippen LogP contribution in [0.25, 0.3) is 5.31 Å². The van der Waals surface area contributed by atoms with Crippen LogP contribution in [-0.4, -0.2) is 18.6 Å². The van der Waals surface area contributed by atoms with Gasteiger partial charge in [-0.25, -0.2) is 0 Å². The Morgan fingerprint density at radius 3 is 1.79 bits per heavy atom. The van der Waals surface area contributed by atoms with Gasteiger partial charge in [-0.3, -0.25) is 0 Å². The quantitative estimate of drug-likeness (QED) is 0.405. The second-order valence-electron chi connectivity index (χ2n) is 7.27. The van der Waals surface area contributed by atoms with Crippen LogP contribution in [0.4, 0.5) is 0 Å². The van der Waals surface area contributed by atoms with Gasteiger partial charge in [0, 0.05) is 24.8 Å². The predicted octanol–water partition coefficient (Wildman–Crippen LogP) is 7.03. The van der Waals surface area contributed by atoms with Crippen molar-refractivity contribution in [3.63, 3.8) is 0 Å². The van der Waals surface area contributed by atoms with Gasteiger partial charge in [0.15, 0.2) is 0 Å². The number of hydrogen-bond donors (Lipinski definition) is 0. The Morgan fingerprint density at radius 1 is 0.690 bits per heavy atom. The van der Waals surface area contributed by atoms with E-state index < -0.39 is 7.11 Å². The largest absolute Gasteiger partial charge is 0.360 e. The van der Waals surface area contributed by atoms with Crippen molar-refractivity contribution in [2.45, 2.75) is 13.3 Å². The third-order valence-electron chi connectivity index (χ3n) is 5.57. The van der Waals surface area contributed by atoms with E-state index in [0.717, 1.165) is 12.6 Å². The minimum Gasteiger partial charge on any atom is -0.360 e. The lowest BCUT2D eigenvalue weighted by Gasteiger charge is -2.33. The van der Waals surface area contributed by atoms with E-state index in [0.29, 0.717) is 0 Å². The van der Waals surface area contributed by atoms with Crippen molar-refractivity contribution in [1.82, 2.24) is 0 Å². The molecular weight excluding hydrogens is 371 g/mol. The Morgan fingerprint density at radius 2 is 1.24 bits per heavy atom. The van der Waals surface area contributed by atoms with Crippen molar-refractivity contribution in [2.24, 2.45) is 0 Å². The predicted molar refractivity (Wildman–Crippen MR) is 128 cm³/mol. The lowest BCUT2D eigenvalue weighted by atomic mass is 10.0. The van der Waals surface area contributed by atoms with Gasteiger partial charge in [0.05, 0.1) is 0 Å². The lowest BCUT2D eigenvalue weighted by Crippen LogP contribution is -2.12. The molecule has 29 heavy (non-hydrogen) atoms. The number of allylic oxidation sites excluding steroid dienone is 3. The van der Waals surface area contributed by atoms with Crippen LogP contribution < -0.4 is 0 Å². The van der Waals surface area contributed by atoms with Crippen molar-refractivity contribution in [3.05, 3.63) is 125 Å². The molecule has 1 aliphatic heterocycles. The highest BCUT2D eigenvalue weighted by atomic mass is 31.2. The molecule has 0 spiro atoms. The maximum absolute atomic E-state index is 6.42. The highest BCUT2D eigenvalue weighted by molar-refractivity contribution is 7.82. The summed E-state index contributed by atoms with van der Waals surface area (Å²) in [5.74, 6) is 0. The van der Waals surface area contributed by atoms with E-state index >= 15 is 0 Å². The molecule has 0 bridgehead atoms. The molecule has 0 radical (unpaired) electrons. The molecule has 3 aromatic carbocycles. The molecule has 1 aliphatic rings. The summed E-state index contributed by atoms with van der Waals surface area (Å²) in [5, 5.41) is 2.69.